The molecule has 2 fully saturated rings. The standard InChI is InChI=1S/C74H137NO13/c1-3-5-7-9-11-13-15-17-19-21-22-23-24-25-26-27-28-29-30-31-32-33-34-35-36-37-38-39-40-42-44-46-48-50-52-54-56-58-66(79)75-62(63(78)57-55-53-51-49-47-45-43-41-20-18-16-14-12-10-8-6-4-2)61-85-73-71(84)69(82)72(65(60-77)87-73)88-74-70(83)68(81)67(80)64(59-76)86-74/h20-22,41,47,49,55,57,62-65,67-74,76-78,80-84H,3-19,23-40,42-46,48,50-54,56,58-61H2,1-2H3,(H,75,79)/b22-21-,41-20+,49-47+,57-55+. The molecule has 0 aromatic heterocycles. The number of nitrogens with one attached hydrogen (secondary N) is 1. The van der Waals surface area contributed by atoms with Gasteiger partial charge in [0.25, 0.3) is 0 Å². The molecule has 14 nitrogen and oxygen atoms in total. The van der Waals surface area contributed by atoms with Crippen molar-refractivity contribution in [2.45, 2.75) is 396 Å². The van der Waals surface area contributed by atoms with Crippen LogP contribution in [0.25, 0.3) is 0 Å². The first-order chi connectivity index (χ1) is 43.1. The first-order valence-electron chi connectivity index (χ1n) is 36.9. The molecule has 14 heteroatoms. The molecule has 2 aliphatic rings. The van der Waals surface area contributed by atoms with Crippen LogP contribution in [-0.4, -0.2) is 140 Å². The summed E-state index contributed by atoms with van der Waals surface area (Å²) in [6.07, 6.45) is 60.6. The lowest BCUT2D eigenvalue weighted by molar-refractivity contribution is -0.359. The van der Waals surface area contributed by atoms with Gasteiger partial charge in [-0.15, -0.1) is 0 Å². The van der Waals surface area contributed by atoms with Gasteiger partial charge in [-0.2, -0.15) is 0 Å². The van der Waals surface area contributed by atoms with Crippen molar-refractivity contribution in [2.75, 3.05) is 19.8 Å². The highest BCUT2D eigenvalue weighted by atomic mass is 16.7. The summed E-state index contributed by atoms with van der Waals surface area (Å²) in [5.74, 6) is -0.248. The third kappa shape index (κ3) is 42.2. The van der Waals surface area contributed by atoms with Gasteiger partial charge in [-0.1, -0.05) is 294 Å². The predicted octanol–water partition coefficient (Wildman–Crippen LogP) is 15.5. The number of allylic oxidation sites excluding steroid dienone is 7. The van der Waals surface area contributed by atoms with Crippen LogP contribution in [0.5, 0.6) is 0 Å². The van der Waals surface area contributed by atoms with Gasteiger partial charge < -0.3 is 65.1 Å². The zero-order valence-corrected chi connectivity index (χ0v) is 56.2. The normalized spacial score (nSPS) is 23.4. The highest BCUT2D eigenvalue weighted by Gasteiger charge is 2.51. The number of carbonyl (C=O) groups is 1. The summed E-state index contributed by atoms with van der Waals surface area (Å²) in [4.78, 5) is 13.3. The fraction of sp³-hybridized carbons (Fsp3) is 0.878. The zero-order valence-electron chi connectivity index (χ0n) is 56.2. The number of hydrogen-bond acceptors (Lipinski definition) is 13. The van der Waals surface area contributed by atoms with E-state index in [1.54, 1.807) is 6.08 Å². The van der Waals surface area contributed by atoms with Crippen molar-refractivity contribution >= 4 is 5.91 Å². The minimum atomic E-state index is -1.79. The maximum atomic E-state index is 13.3. The summed E-state index contributed by atoms with van der Waals surface area (Å²) >= 11 is 0. The fourth-order valence-corrected chi connectivity index (χ4v) is 12.1. The third-order valence-electron chi connectivity index (χ3n) is 18.0. The minimum Gasteiger partial charge on any atom is -0.394 e. The molecule has 516 valence electrons. The molecule has 2 aliphatic heterocycles. The van der Waals surface area contributed by atoms with E-state index in [-0.39, 0.29) is 18.9 Å². The lowest BCUT2D eigenvalue weighted by Crippen LogP contribution is -2.65. The molecule has 0 radical (unpaired) electrons. The molecule has 88 heavy (non-hydrogen) atoms. The molecule has 9 N–H and O–H groups in total. The molecule has 2 saturated heterocycles. The van der Waals surface area contributed by atoms with E-state index in [0.717, 1.165) is 44.9 Å². The van der Waals surface area contributed by atoms with Crippen LogP contribution in [0.3, 0.4) is 0 Å². The lowest BCUT2D eigenvalue weighted by Gasteiger charge is -2.46. The summed E-state index contributed by atoms with van der Waals surface area (Å²) in [5, 5.41) is 87.3. The summed E-state index contributed by atoms with van der Waals surface area (Å²) in [6.45, 7) is 2.80. The van der Waals surface area contributed by atoms with Crippen molar-refractivity contribution in [2.24, 2.45) is 0 Å². The second-order valence-corrected chi connectivity index (χ2v) is 26.1. The Balaban J connectivity index is 1.59. The predicted molar refractivity (Wildman–Crippen MR) is 360 cm³/mol. The summed E-state index contributed by atoms with van der Waals surface area (Å²) in [6, 6.07) is -0.938. The molecular formula is C74H137NO13. The van der Waals surface area contributed by atoms with Gasteiger partial charge in [0.2, 0.25) is 5.91 Å². The molecule has 2 rings (SSSR count). The molecular weight excluding hydrogens is 1110 g/mol. The van der Waals surface area contributed by atoms with Gasteiger partial charge in [-0.05, 0) is 70.6 Å². The van der Waals surface area contributed by atoms with Gasteiger partial charge in [0.15, 0.2) is 12.6 Å². The van der Waals surface area contributed by atoms with E-state index in [1.165, 1.54) is 244 Å². The van der Waals surface area contributed by atoms with Gasteiger partial charge in [-0.25, -0.2) is 0 Å². The van der Waals surface area contributed by atoms with Gasteiger partial charge >= 0.3 is 0 Å². The Morgan fingerprint density at radius 2 is 0.727 bits per heavy atom. The molecule has 2 heterocycles. The van der Waals surface area contributed by atoms with Crippen LogP contribution in [0.15, 0.2) is 48.6 Å². The summed E-state index contributed by atoms with van der Waals surface area (Å²) in [5.41, 5.74) is 0. The molecule has 12 unspecified atom stereocenters. The van der Waals surface area contributed by atoms with E-state index >= 15 is 0 Å². The van der Waals surface area contributed by atoms with Gasteiger partial charge in [-0.3, -0.25) is 4.79 Å². The van der Waals surface area contributed by atoms with Crippen LogP contribution >= 0.6 is 0 Å². The number of amides is 1. The van der Waals surface area contributed by atoms with E-state index < -0.39 is 86.8 Å². The van der Waals surface area contributed by atoms with Crippen molar-refractivity contribution in [1.82, 2.24) is 5.32 Å². The Labute approximate surface area is 537 Å². The van der Waals surface area contributed by atoms with Crippen LogP contribution in [0.1, 0.15) is 322 Å². The molecule has 0 aromatic carbocycles. The SMILES string of the molecule is CCCCCCCCC/C=C/CC/C=C/CC/C=C/C(O)C(COC1OC(CO)C(OC2OC(CO)C(O)C(O)C2O)C(O)C1O)NC(=O)CCCCCCCCCCCCCCCCCCCCCCCCCCC/C=C\CCCCCCCCCC. The number of aliphatic hydroxyl groups excluding tert-OH is 8. The average Bonchev–Trinajstić information content (AvgIpc) is 1.73. The third-order valence-corrected chi connectivity index (χ3v) is 18.0. The minimum absolute atomic E-state index is 0.248. The summed E-state index contributed by atoms with van der Waals surface area (Å²) in [7, 11) is 0. The highest BCUT2D eigenvalue weighted by molar-refractivity contribution is 5.76. The maximum Gasteiger partial charge on any atom is 0.220 e. The first kappa shape index (κ1) is 82.0. The van der Waals surface area contributed by atoms with E-state index in [9.17, 15) is 45.6 Å². The monoisotopic (exact) mass is 1250 g/mol. The molecule has 12 atom stereocenters. The molecule has 0 spiro atoms. The Morgan fingerprint density at radius 1 is 0.398 bits per heavy atom. The second kappa shape index (κ2) is 58.7. The molecule has 0 bridgehead atoms. The quantitative estimate of drug-likeness (QED) is 0.0204. The number of unbranched alkanes of at least 4 members (excludes halogenated alkanes) is 42. The topological polar surface area (TPSA) is 228 Å². The highest BCUT2D eigenvalue weighted by Crippen LogP contribution is 2.30. The first-order valence-corrected chi connectivity index (χ1v) is 36.9. The van der Waals surface area contributed by atoms with Crippen molar-refractivity contribution in [3.05, 3.63) is 48.6 Å². The second-order valence-electron chi connectivity index (χ2n) is 26.1. The van der Waals surface area contributed by atoms with Crippen molar-refractivity contribution in [3.8, 4) is 0 Å². The fourth-order valence-electron chi connectivity index (χ4n) is 12.1. The van der Waals surface area contributed by atoms with Crippen molar-refractivity contribution < 1.29 is 64.6 Å². The average molecular weight is 1250 g/mol. The number of hydrogen-bond donors (Lipinski definition) is 9. The summed E-state index contributed by atoms with van der Waals surface area (Å²) < 4.78 is 22.8. The maximum absolute atomic E-state index is 13.3. The van der Waals surface area contributed by atoms with Crippen molar-refractivity contribution in [1.29, 1.82) is 0 Å². The Hall–Kier alpha value is -2.05. The number of aliphatic hydroxyl groups is 8. The van der Waals surface area contributed by atoms with E-state index in [4.69, 9.17) is 18.9 Å². The van der Waals surface area contributed by atoms with E-state index in [1.807, 2.05) is 6.08 Å². The lowest BCUT2D eigenvalue weighted by atomic mass is 9.97. The number of rotatable bonds is 61. The number of carbonyl (C=O) groups excluding carboxylic acids is 1. The number of ether oxygens (including phenoxy) is 4. The van der Waals surface area contributed by atoms with Crippen LogP contribution < -0.4 is 5.32 Å². The molecule has 1 amide bonds. The largest absolute Gasteiger partial charge is 0.394 e. The zero-order chi connectivity index (χ0) is 63.8. The van der Waals surface area contributed by atoms with Crippen LogP contribution in [0.4, 0.5) is 0 Å². The van der Waals surface area contributed by atoms with Gasteiger partial charge in [0, 0.05) is 6.42 Å². The van der Waals surface area contributed by atoms with E-state index in [2.05, 4.69) is 55.6 Å². The van der Waals surface area contributed by atoms with Crippen LogP contribution in [-0.2, 0) is 23.7 Å². The molecule has 0 saturated carbocycles. The smallest absolute Gasteiger partial charge is 0.220 e. The van der Waals surface area contributed by atoms with Crippen molar-refractivity contribution in [3.63, 3.8) is 0 Å². The molecule has 0 aromatic rings. The Morgan fingerprint density at radius 3 is 1.11 bits per heavy atom. The molecule has 0 aliphatic carbocycles. The van der Waals surface area contributed by atoms with Gasteiger partial charge in [0.05, 0.1) is 32.0 Å². The Bertz CT molecular complexity index is 1660. The van der Waals surface area contributed by atoms with Gasteiger partial charge in [0.1, 0.15) is 48.8 Å². The Kier molecular flexibility index (Phi) is 54.8. The van der Waals surface area contributed by atoms with Crippen LogP contribution in [0, 0.1) is 0 Å². The van der Waals surface area contributed by atoms with E-state index in [0.29, 0.717) is 12.8 Å². The van der Waals surface area contributed by atoms with Crippen LogP contribution in [0.2, 0.25) is 0 Å².